The first-order valence-corrected chi connectivity index (χ1v) is 7.46. The molecule has 0 saturated heterocycles. The van der Waals surface area contributed by atoms with E-state index < -0.39 is 36.7 Å². The van der Waals surface area contributed by atoms with Crippen LogP contribution < -0.4 is 10.6 Å². The highest BCUT2D eigenvalue weighted by Gasteiger charge is 2.28. The Balaban J connectivity index is 2.59. The van der Waals surface area contributed by atoms with Crippen molar-refractivity contribution in [2.24, 2.45) is 5.92 Å². The zero-order chi connectivity index (χ0) is 18.1. The third-order valence-corrected chi connectivity index (χ3v) is 3.23. The number of aliphatic carboxylic acids is 1. The summed E-state index contributed by atoms with van der Waals surface area (Å²) >= 11 is 0. The fourth-order valence-electron chi connectivity index (χ4n) is 1.87. The van der Waals surface area contributed by atoms with E-state index in [2.05, 4.69) is 10.6 Å². The maximum atomic E-state index is 12.1. The fourth-order valence-corrected chi connectivity index (χ4v) is 1.87. The van der Waals surface area contributed by atoms with Gasteiger partial charge in [-0.2, -0.15) is 0 Å². The number of aliphatic hydroxyl groups is 1. The predicted molar refractivity (Wildman–Crippen MR) is 85.0 cm³/mol. The number of hydrogen-bond donors (Lipinski definition) is 4. The summed E-state index contributed by atoms with van der Waals surface area (Å²) in [6.07, 6.45) is -0.788. The normalized spacial score (nSPS) is 13.0. The zero-order valence-electron chi connectivity index (χ0n) is 13.6. The highest BCUT2D eigenvalue weighted by molar-refractivity contribution is 5.89. The van der Waals surface area contributed by atoms with Crippen molar-refractivity contribution in [2.45, 2.75) is 32.5 Å². The van der Waals surface area contributed by atoms with Gasteiger partial charge in [0.25, 0.3) is 0 Å². The van der Waals surface area contributed by atoms with E-state index in [4.69, 9.17) is 14.9 Å². The molecule has 0 fully saturated rings. The first-order valence-electron chi connectivity index (χ1n) is 7.46. The quantitative estimate of drug-likeness (QED) is 0.547. The number of amides is 2. The molecule has 24 heavy (non-hydrogen) atoms. The van der Waals surface area contributed by atoms with Crippen LogP contribution in [0.5, 0.6) is 0 Å². The molecule has 0 spiro atoms. The lowest BCUT2D eigenvalue weighted by atomic mass is 10.0. The molecule has 8 heteroatoms. The summed E-state index contributed by atoms with van der Waals surface area (Å²) < 4.78 is 5.04. The van der Waals surface area contributed by atoms with Crippen LogP contribution in [-0.4, -0.2) is 46.9 Å². The van der Waals surface area contributed by atoms with Crippen LogP contribution in [0.4, 0.5) is 4.79 Å². The summed E-state index contributed by atoms with van der Waals surface area (Å²) in [5.74, 6) is -2.37. The van der Waals surface area contributed by atoms with Gasteiger partial charge in [0, 0.05) is 0 Å². The number of carbonyl (C=O) groups excluding carboxylic acids is 2. The lowest BCUT2D eigenvalue weighted by Crippen LogP contribution is -2.54. The van der Waals surface area contributed by atoms with Crippen molar-refractivity contribution in [3.63, 3.8) is 0 Å². The summed E-state index contributed by atoms with van der Waals surface area (Å²) in [6, 6.07) is 6.62. The second-order valence-electron chi connectivity index (χ2n) is 5.51. The largest absolute Gasteiger partial charge is 0.480 e. The average molecular weight is 338 g/mol. The molecule has 0 aliphatic carbocycles. The molecule has 0 heterocycles. The van der Waals surface area contributed by atoms with Gasteiger partial charge in [-0.15, -0.1) is 0 Å². The molecule has 1 rings (SSSR count). The van der Waals surface area contributed by atoms with E-state index in [1.165, 1.54) is 0 Å². The van der Waals surface area contributed by atoms with E-state index >= 15 is 0 Å². The number of carbonyl (C=O) groups is 3. The molecule has 0 aliphatic rings. The number of ether oxygens (including phenoxy) is 1. The van der Waals surface area contributed by atoms with Crippen LogP contribution in [0.25, 0.3) is 0 Å². The van der Waals surface area contributed by atoms with E-state index in [0.29, 0.717) is 0 Å². The SMILES string of the molecule is CC(C)[C@@H](NC(=O)OCc1ccccc1)C(=O)N[C@H](CO)C(=O)O. The van der Waals surface area contributed by atoms with E-state index in [-0.39, 0.29) is 12.5 Å². The van der Waals surface area contributed by atoms with Gasteiger partial charge in [-0.25, -0.2) is 9.59 Å². The van der Waals surface area contributed by atoms with Gasteiger partial charge in [-0.05, 0) is 11.5 Å². The van der Waals surface area contributed by atoms with Gasteiger partial charge in [0.15, 0.2) is 0 Å². The van der Waals surface area contributed by atoms with Crippen LogP contribution in [0.2, 0.25) is 0 Å². The van der Waals surface area contributed by atoms with Gasteiger partial charge in [-0.1, -0.05) is 44.2 Å². The molecule has 0 unspecified atom stereocenters. The Morgan fingerprint density at radius 3 is 2.25 bits per heavy atom. The molecule has 0 radical (unpaired) electrons. The molecule has 0 bridgehead atoms. The summed E-state index contributed by atoms with van der Waals surface area (Å²) in [7, 11) is 0. The lowest BCUT2D eigenvalue weighted by molar-refractivity contribution is -0.143. The van der Waals surface area contributed by atoms with Crippen LogP contribution in [0.1, 0.15) is 19.4 Å². The third kappa shape index (κ3) is 6.25. The lowest BCUT2D eigenvalue weighted by Gasteiger charge is -2.23. The monoisotopic (exact) mass is 338 g/mol. The highest BCUT2D eigenvalue weighted by atomic mass is 16.5. The van der Waals surface area contributed by atoms with Crippen molar-refractivity contribution in [3.05, 3.63) is 35.9 Å². The highest BCUT2D eigenvalue weighted by Crippen LogP contribution is 2.05. The van der Waals surface area contributed by atoms with Gasteiger partial charge in [0.1, 0.15) is 18.7 Å². The van der Waals surface area contributed by atoms with E-state index in [9.17, 15) is 14.4 Å². The predicted octanol–water partition coefficient (Wildman–Crippen LogP) is 0.499. The summed E-state index contributed by atoms with van der Waals surface area (Å²) in [5.41, 5.74) is 0.796. The Morgan fingerprint density at radius 2 is 1.75 bits per heavy atom. The van der Waals surface area contributed by atoms with E-state index in [0.717, 1.165) is 5.56 Å². The topological polar surface area (TPSA) is 125 Å². The minimum atomic E-state index is -1.43. The second-order valence-corrected chi connectivity index (χ2v) is 5.51. The number of benzene rings is 1. The van der Waals surface area contributed by atoms with Crippen LogP contribution in [0.15, 0.2) is 30.3 Å². The van der Waals surface area contributed by atoms with Gasteiger partial charge in [0.2, 0.25) is 5.91 Å². The van der Waals surface area contributed by atoms with Crippen LogP contribution >= 0.6 is 0 Å². The Labute approximate surface area is 139 Å². The molecule has 2 atom stereocenters. The molecule has 0 aliphatic heterocycles. The fraction of sp³-hybridized carbons (Fsp3) is 0.438. The summed E-state index contributed by atoms with van der Waals surface area (Å²) in [5, 5.41) is 22.4. The van der Waals surface area contributed by atoms with Crippen molar-refractivity contribution in [2.75, 3.05) is 6.61 Å². The second kappa shape index (κ2) is 9.51. The van der Waals surface area contributed by atoms with Crippen LogP contribution in [0.3, 0.4) is 0 Å². The smallest absolute Gasteiger partial charge is 0.408 e. The molecule has 1 aromatic rings. The molecular weight excluding hydrogens is 316 g/mol. The van der Waals surface area contributed by atoms with Crippen molar-refractivity contribution in [1.29, 1.82) is 0 Å². The van der Waals surface area contributed by atoms with E-state index in [1.807, 2.05) is 18.2 Å². The van der Waals surface area contributed by atoms with Crippen molar-refractivity contribution in [1.82, 2.24) is 10.6 Å². The van der Waals surface area contributed by atoms with Crippen molar-refractivity contribution >= 4 is 18.0 Å². The molecule has 0 saturated carbocycles. The molecule has 1 aromatic carbocycles. The zero-order valence-corrected chi connectivity index (χ0v) is 13.6. The molecule has 2 amide bonds. The Hall–Kier alpha value is -2.61. The summed E-state index contributed by atoms with van der Waals surface area (Å²) in [4.78, 5) is 34.8. The maximum absolute atomic E-state index is 12.1. The number of alkyl carbamates (subject to hydrolysis) is 1. The van der Waals surface area contributed by atoms with Gasteiger partial charge >= 0.3 is 12.1 Å². The van der Waals surface area contributed by atoms with Crippen LogP contribution in [-0.2, 0) is 20.9 Å². The molecule has 8 nitrogen and oxygen atoms in total. The van der Waals surface area contributed by atoms with Crippen molar-refractivity contribution < 1.29 is 29.3 Å². The third-order valence-electron chi connectivity index (χ3n) is 3.23. The Bertz CT molecular complexity index is 561. The number of carboxylic acids is 1. The minimum absolute atomic E-state index is 0.0491. The number of nitrogens with one attached hydrogen (secondary N) is 2. The number of rotatable bonds is 8. The Morgan fingerprint density at radius 1 is 1.12 bits per heavy atom. The number of aliphatic hydroxyl groups excluding tert-OH is 1. The van der Waals surface area contributed by atoms with Gasteiger partial charge in [0.05, 0.1) is 6.61 Å². The molecule has 4 N–H and O–H groups in total. The standard InChI is InChI=1S/C16H22N2O6/c1-10(2)13(14(20)17-12(8-19)15(21)22)18-16(23)24-9-11-6-4-3-5-7-11/h3-7,10,12-13,19H,8-9H2,1-2H3,(H,17,20)(H,18,23)(H,21,22)/t12-,13-/m1/s1. The van der Waals surface area contributed by atoms with Gasteiger partial charge in [-0.3, -0.25) is 4.79 Å². The molecular formula is C16H22N2O6. The van der Waals surface area contributed by atoms with E-state index in [1.54, 1.807) is 26.0 Å². The number of carboxylic acid groups (broad SMARTS) is 1. The maximum Gasteiger partial charge on any atom is 0.408 e. The molecule has 0 aromatic heterocycles. The first-order chi connectivity index (χ1) is 11.3. The minimum Gasteiger partial charge on any atom is -0.480 e. The van der Waals surface area contributed by atoms with Crippen molar-refractivity contribution in [3.8, 4) is 0 Å². The van der Waals surface area contributed by atoms with Gasteiger partial charge < -0.3 is 25.6 Å². The number of hydrogen-bond acceptors (Lipinski definition) is 5. The first kappa shape index (κ1) is 19.4. The van der Waals surface area contributed by atoms with Crippen LogP contribution in [0, 0.1) is 5.92 Å². The Kier molecular flexibility index (Phi) is 7.70. The summed E-state index contributed by atoms with van der Waals surface area (Å²) in [6.45, 7) is 2.69. The average Bonchev–Trinajstić information content (AvgIpc) is 2.55. The molecule has 132 valence electrons.